The number of nitrogens with one attached hydrogen (secondary N) is 2. The zero-order valence-electron chi connectivity index (χ0n) is 16.9. The highest BCUT2D eigenvalue weighted by Gasteiger charge is 2.21. The van der Waals surface area contributed by atoms with Gasteiger partial charge in [-0.1, -0.05) is 25.1 Å². The first-order valence-electron chi connectivity index (χ1n) is 9.72. The fraction of sp³-hybridized carbons (Fsp3) is 0.318. The highest BCUT2D eigenvalue weighted by Crippen LogP contribution is 2.14. The first kappa shape index (κ1) is 20.4. The normalized spacial score (nSPS) is 11.8. The molecule has 1 aromatic carbocycles. The van der Waals surface area contributed by atoms with Crippen molar-refractivity contribution < 1.29 is 14.3 Å². The van der Waals surface area contributed by atoms with Gasteiger partial charge in [-0.2, -0.15) is 0 Å². The van der Waals surface area contributed by atoms with Gasteiger partial charge in [0.2, 0.25) is 5.82 Å². The predicted molar refractivity (Wildman–Crippen MR) is 111 cm³/mol. The van der Waals surface area contributed by atoms with Crippen LogP contribution in [0.2, 0.25) is 0 Å². The van der Waals surface area contributed by atoms with E-state index in [2.05, 4.69) is 15.6 Å². The Morgan fingerprint density at radius 1 is 1.14 bits per heavy atom. The number of benzene rings is 1. The number of rotatable bonds is 8. The number of hydrogen-bond donors (Lipinski definition) is 2. The number of nitrogens with zero attached hydrogens (tertiary/aromatic N) is 2. The van der Waals surface area contributed by atoms with Crippen LogP contribution < -0.4 is 15.4 Å². The van der Waals surface area contributed by atoms with Gasteiger partial charge < -0.3 is 15.4 Å². The molecule has 3 rings (SSSR count). The number of ether oxygens (including phenoxy) is 1. The van der Waals surface area contributed by atoms with Crippen molar-refractivity contribution in [3.8, 4) is 5.75 Å². The summed E-state index contributed by atoms with van der Waals surface area (Å²) in [4.78, 5) is 29.7. The van der Waals surface area contributed by atoms with E-state index in [1.807, 2.05) is 44.2 Å². The van der Waals surface area contributed by atoms with Crippen LogP contribution in [0.25, 0.3) is 5.52 Å². The molecule has 0 aliphatic carbocycles. The lowest BCUT2D eigenvalue weighted by Gasteiger charge is -2.09. The summed E-state index contributed by atoms with van der Waals surface area (Å²) in [6.45, 7) is 4.39. The molecule has 1 unspecified atom stereocenters. The Hall–Kier alpha value is -3.35. The second-order valence-electron chi connectivity index (χ2n) is 6.88. The van der Waals surface area contributed by atoms with Gasteiger partial charge in [0.1, 0.15) is 5.75 Å². The molecule has 0 radical (unpaired) electrons. The molecule has 152 valence electrons. The third-order valence-corrected chi connectivity index (χ3v) is 4.81. The quantitative estimate of drug-likeness (QED) is 0.615. The Labute approximate surface area is 170 Å². The fourth-order valence-corrected chi connectivity index (χ4v) is 2.95. The molecule has 1 atom stereocenters. The molecule has 3 aromatic rings. The molecule has 2 heterocycles. The van der Waals surface area contributed by atoms with E-state index in [4.69, 9.17) is 4.74 Å². The van der Waals surface area contributed by atoms with Gasteiger partial charge in [-0.15, -0.1) is 0 Å². The molecule has 0 spiro atoms. The van der Waals surface area contributed by atoms with Crippen molar-refractivity contribution >= 4 is 17.3 Å². The van der Waals surface area contributed by atoms with Gasteiger partial charge in [-0.05, 0) is 49.6 Å². The van der Waals surface area contributed by atoms with Crippen molar-refractivity contribution in [2.24, 2.45) is 0 Å². The van der Waals surface area contributed by atoms with E-state index in [0.29, 0.717) is 18.5 Å². The number of fused-ring (bicyclic) bond motifs is 1. The van der Waals surface area contributed by atoms with E-state index in [0.717, 1.165) is 17.7 Å². The second-order valence-corrected chi connectivity index (χ2v) is 6.88. The first-order chi connectivity index (χ1) is 14.0. The molecule has 0 saturated carbocycles. The first-order valence-corrected chi connectivity index (χ1v) is 9.72. The maximum Gasteiger partial charge on any atom is 0.287 e. The highest BCUT2D eigenvalue weighted by atomic mass is 16.5. The zero-order valence-corrected chi connectivity index (χ0v) is 16.9. The van der Waals surface area contributed by atoms with Gasteiger partial charge in [-0.25, -0.2) is 4.98 Å². The Bertz CT molecular complexity index is 995. The van der Waals surface area contributed by atoms with Crippen LogP contribution in [0.1, 0.15) is 46.9 Å². The lowest BCUT2D eigenvalue weighted by atomic mass is 10.1. The summed E-state index contributed by atoms with van der Waals surface area (Å²) in [5, 5.41) is 5.79. The molecular formula is C22H26N4O3. The number of carbonyl (C=O) groups is 2. The van der Waals surface area contributed by atoms with Crippen LogP contribution in [0, 0.1) is 0 Å². The van der Waals surface area contributed by atoms with Crippen molar-refractivity contribution in [1.29, 1.82) is 0 Å². The van der Waals surface area contributed by atoms with Crippen LogP contribution >= 0.6 is 0 Å². The lowest BCUT2D eigenvalue weighted by molar-refractivity contribution is 0.0936. The van der Waals surface area contributed by atoms with Crippen molar-refractivity contribution in [2.45, 2.75) is 32.7 Å². The molecule has 0 fully saturated rings. The molecule has 0 saturated heterocycles. The average Bonchev–Trinajstić information content (AvgIpc) is 3.14. The molecule has 2 N–H and O–H groups in total. The molecule has 7 nitrogen and oxygen atoms in total. The average molecular weight is 394 g/mol. The molecule has 0 aliphatic rings. The number of amides is 2. The molecule has 0 aliphatic heterocycles. The SMILES string of the molecule is CCC(C)NC(=O)c1nc(C(=O)NCCc2ccc(OC)cc2)n2ccccc12. The topological polar surface area (TPSA) is 84.7 Å². The Balaban J connectivity index is 1.72. The Morgan fingerprint density at radius 2 is 1.90 bits per heavy atom. The summed E-state index contributed by atoms with van der Waals surface area (Å²) >= 11 is 0. The fourth-order valence-electron chi connectivity index (χ4n) is 2.95. The molecule has 2 amide bonds. The van der Waals surface area contributed by atoms with Crippen molar-refractivity contribution in [1.82, 2.24) is 20.0 Å². The maximum atomic E-state index is 12.7. The van der Waals surface area contributed by atoms with Gasteiger partial charge in [0.25, 0.3) is 11.8 Å². The van der Waals surface area contributed by atoms with Gasteiger partial charge in [-0.3, -0.25) is 14.0 Å². The van der Waals surface area contributed by atoms with Crippen LogP contribution in [0.3, 0.4) is 0 Å². The Morgan fingerprint density at radius 3 is 2.59 bits per heavy atom. The molecule has 0 bridgehead atoms. The van der Waals surface area contributed by atoms with Crippen LogP contribution in [0.4, 0.5) is 0 Å². The van der Waals surface area contributed by atoms with Crippen molar-refractivity contribution in [3.05, 3.63) is 65.7 Å². The predicted octanol–water partition coefficient (Wildman–Crippen LogP) is 2.84. The van der Waals surface area contributed by atoms with Crippen molar-refractivity contribution in [3.63, 3.8) is 0 Å². The minimum atomic E-state index is -0.317. The minimum absolute atomic E-state index is 0.0322. The molecule has 2 aromatic heterocycles. The van der Waals surface area contributed by atoms with Crippen LogP contribution in [0.5, 0.6) is 5.75 Å². The van der Waals surface area contributed by atoms with Gasteiger partial charge in [0.15, 0.2) is 5.69 Å². The van der Waals surface area contributed by atoms with E-state index in [1.54, 1.807) is 29.8 Å². The van der Waals surface area contributed by atoms with Crippen LogP contribution in [0.15, 0.2) is 48.7 Å². The summed E-state index contributed by atoms with van der Waals surface area (Å²) in [5.74, 6) is 0.400. The number of carbonyl (C=O) groups excluding carboxylic acids is 2. The van der Waals surface area contributed by atoms with E-state index in [-0.39, 0.29) is 29.4 Å². The number of hydrogen-bond acceptors (Lipinski definition) is 4. The summed E-state index contributed by atoms with van der Waals surface area (Å²) < 4.78 is 6.80. The smallest absolute Gasteiger partial charge is 0.287 e. The highest BCUT2D eigenvalue weighted by molar-refractivity contribution is 6.02. The summed E-state index contributed by atoms with van der Waals surface area (Å²) in [6.07, 6.45) is 3.23. The van der Waals surface area contributed by atoms with Crippen LogP contribution in [-0.2, 0) is 6.42 Å². The Kier molecular flexibility index (Phi) is 6.49. The molecule has 7 heteroatoms. The second kappa shape index (κ2) is 9.23. The summed E-state index contributed by atoms with van der Waals surface area (Å²) in [6, 6.07) is 13.2. The summed E-state index contributed by atoms with van der Waals surface area (Å²) in [7, 11) is 1.63. The zero-order chi connectivity index (χ0) is 20.8. The van der Waals surface area contributed by atoms with Gasteiger partial charge in [0, 0.05) is 18.8 Å². The van der Waals surface area contributed by atoms with Gasteiger partial charge in [0.05, 0.1) is 12.6 Å². The maximum absolute atomic E-state index is 12.7. The minimum Gasteiger partial charge on any atom is -0.497 e. The van der Waals surface area contributed by atoms with E-state index in [9.17, 15) is 9.59 Å². The van der Waals surface area contributed by atoms with E-state index in [1.165, 1.54) is 0 Å². The van der Waals surface area contributed by atoms with Crippen molar-refractivity contribution in [2.75, 3.05) is 13.7 Å². The molecule has 29 heavy (non-hydrogen) atoms. The van der Waals surface area contributed by atoms with E-state index >= 15 is 0 Å². The van der Waals surface area contributed by atoms with E-state index < -0.39 is 0 Å². The third kappa shape index (κ3) is 4.74. The lowest BCUT2D eigenvalue weighted by Crippen LogP contribution is -2.32. The van der Waals surface area contributed by atoms with Gasteiger partial charge >= 0.3 is 0 Å². The molecular weight excluding hydrogens is 368 g/mol. The third-order valence-electron chi connectivity index (χ3n) is 4.81. The monoisotopic (exact) mass is 394 g/mol. The number of aromatic nitrogens is 2. The van der Waals surface area contributed by atoms with Crippen LogP contribution in [-0.4, -0.2) is 40.9 Å². The largest absolute Gasteiger partial charge is 0.497 e. The standard InChI is InChI=1S/C22H26N4O3/c1-4-15(2)24-21(27)19-18-7-5-6-14-26(18)20(25-19)22(28)23-13-12-16-8-10-17(29-3)11-9-16/h5-11,14-15H,4,12-13H2,1-3H3,(H,23,28)(H,24,27). The number of methoxy groups -OCH3 is 1. The number of imidazole rings is 1. The number of pyridine rings is 1. The summed E-state index contributed by atoms with van der Waals surface area (Å²) in [5.41, 5.74) is 1.95.